The highest BCUT2D eigenvalue weighted by Crippen LogP contribution is 2.28. The molecule has 0 aliphatic heterocycles. The number of hydrogen-bond acceptors (Lipinski definition) is 2. The van der Waals surface area contributed by atoms with Gasteiger partial charge in [-0.2, -0.15) is 0 Å². The molecule has 0 spiro atoms. The lowest BCUT2D eigenvalue weighted by atomic mass is 10.2. The van der Waals surface area contributed by atoms with E-state index in [9.17, 15) is 13.2 Å². The second-order valence-corrected chi connectivity index (χ2v) is 3.09. The van der Waals surface area contributed by atoms with Crippen molar-refractivity contribution in [3.63, 3.8) is 0 Å². The second-order valence-electron chi connectivity index (χ2n) is 2.24. The van der Waals surface area contributed by atoms with Gasteiger partial charge in [-0.25, -0.2) is 13.2 Å². The molecule has 0 saturated carbocycles. The van der Waals surface area contributed by atoms with E-state index in [0.717, 1.165) is 6.20 Å². The lowest BCUT2D eigenvalue weighted by Crippen LogP contribution is -2.02. The van der Waals surface area contributed by atoms with E-state index in [0.29, 0.717) is 0 Å². The predicted molar refractivity (Wildman–Crippen MR) is 42.8 cm³/mol. The number of aliphatic hydroxyl groups excluding tert-OH is 1. The highest BCUT2D eigenvalue weighted by molar-refractivity contribution is 9.10. The largest absolute Gasteiger partial charge is 0.390 e. The number of pyridine rings is 1. The molecule has 0 saturated heterocycles. The molecule has 13 heavy (non-hydrogen) atoms. The first-order valence-electron chi connectivity index (χ1n) is 3.29. The van der Waals surface area contributed by atoms with E-state index in [1.807, 2.05) is 0 Å². The van der Waals surface area contributed by atoms with Gasteiger partial charge in [0.25, 0.3) is 6.43 Å². The topological polar surface area (TPSA) is 33.1 Å². The Bertz CT molecular complexity index is 319. The molecule has 0 aromatic carbocycles. The summed E-state index contributed by atoms with van der Waals surface area (Å²) in [5, 5.41) is 8.60. The molecule has 0 unspecified atom stereocenters. The van der Waals surface area contributed by atoms with Gasteiger partial charge in [-0.15, -0.1) is 0 Å². The molecule has 0 radical (unpaired) electrons. The molecule has 1 aromatic rings. The van der Waals surface area contributed by atoms with Crippen molar-refractivity contribution in [2.24, 2.45) is 0 Å². The first-order chi connectivity index (χ1) is 6.07. The van der Waals surface area contributed by atoms with Gasteiger partial charge in [-0.05, 0) is 15.9 Å². The van der Waals surface area contributed by atoms with Crippen LogP contribution in [0.1, 0.15) is 17.7 Å². The monoisotopic (exact) mass is 255 g/mol. The number of nitrogens with zero attached hydrogens (tertiary/aromatic N) is 1. The number of aromatic nitrogens is 1. The third-order valence-electron chi connectivity index (χ3n) is 1.46. The molecule has 72 valence electrons. The summed E-state index contributed by atoms with van der Waals surface area (Å²) >= 11 is 2.73. The molecular weight excluding hydrogens is 251 g/mol. The average molecular weight is 256 g/mol. The van der Waals surface area contributed by atoms with Crippen LogP contribution in [0, 0.1) is 5.82 Å². The summed E-state index contributed by atoms with van der Waals surface area (Å²) in [6, 6.07) is 0. The zero-order chi connectivity index (χ0) is 10.0. The van der Waals surface area contributed by atoms with E-state index in [1.54, 1.807) is 0 Å². The third kappa shape index (κ3) is 2.00. The van der Waals surface area contributed by atoms with Crippen molar-refractivity contribution < 1.29 is 18.3 Å². The number of halogens is 4. The summed E-state index contributed by atoms with van der Waals surface area (Å²) in [6.07, 6.45) is -1.95. The minimum absolute atomic E-state index is 0.139. The minimum Gasteiger partial charge on any atom is -0.390 e. The predicted octanol–water partition coefficient (Wildman–Crippen LogP) is 2.41. The van der Waals surface area contributed by atoms with E-state index in [-0.39, 0.29) is 10.2 Å². The molecule has 0 atom stereocenters. The van der Waals surface area contributed by atoms with E-state index in [1.165, 1.54) is 0 Å². The van der Waals surface area contributed by atoms with Gasteiger partial charge in [0.15, 0.2) is 0 Å². The zero-order valence-corrected chi connectivity index (χ0v) is 7.85. The Hall–Kier alpha value is -0.620. The Balaban J connectivity index is 3.32. The molecule has 1 heterocycles. The van der Waals surface area contributed by atoms with Gasteiger partial charge in [0.05, 0.1) is 22.3 Å². The van der Waals surface area contributed by atoms with Crippen LogP contribution >= 0.6 is 15.9 Å². The van der Waals surface area contributed by atoms with Crippen molar-refractivity contribution in [2.45, 2.75) is 13.0 Å². The molecular formula is C7H5BrF3NO. The fourth-order valence-corrected chi connectivity index (χ4v) is 1.18. The average Bonchev–Trinajstić information content (AvgIpc) is 2.08. The highest BCUT2D eigenvalue weighted by atomic mass is 79.9. The summed E-state index contributed by atoms with van der Waals surface area (Å²) in [5.41, 5.74) is -1.19. The van der Waals surface area contributed by atoms with Crippen molar-refractivity contribution in [2.75, 3.05) is 0 Å². The third-order valence-corrected chi connectivity index (χ3v) is 2.01. The zero-order valence-electron chi connectivity index (χ0n) is 6.27. The van der Waals surface area contributed by atoms with Crippen molar-refractivity contribution in [3.05, 3.63) is 27.7 Å². The Labute approximate surface area is 80.5 Å². The van der Waals surface area contributed by atoms with Crippen LogP contribution in [0.25, 0.3) is 0 Å². The second kappa shape index (κ2) is 4.06. The first-order valence-corrected chi connectivity index (χ1v) is 4.09. The fourth-order valence-electron chi connectivity index (χ4n) is 0.864. The Morgan fingerprint density at radius 3 is 2.62 bits per heavy atom. The Morgan fingerprint density at radius 1 is 1.54 bits per heavy atom. The van der Waals surface area contributed by atoms with Crippen LogP contribution in [0.2, 0.25) is 0 Å². The molecule has 1 rings (SSSR count). The van der Waals surface area contributed by atoms with Gasteiger partial charge in [0.2, 0.25) is 0 Å². The molecule has 0 aliphatic carbocycles. The van der Waals surface area contributed by atoms with Crippen LogP contribution in [-0.4, -0.2) is 10.1 Å². The summed E-state index contributed by atoms with van der Waals surface area (Å²) in [7, 11) is 0. The van der Waals surface area contributed by atoms with Crippen LogP contribution in [0.5, 0.6) is 0 Å². The quantitative estimate of drug-likeness (QED) is 0.881. The maximum atomic E-state index is 13.0. The number of alkyl halides is 2. The number of aliphatic hydroxyl groups is 1. The van der Waals surface area contributed by atoms with Crippen LogP contribution in [0.3, 0.4) is 0 Å². The van der Waals surface area contributed by atoms with Crippen molar-refractivity contribution in [1.29, 1.82) is 0 Å². The minimum atomic E-state index is -2.98. The smallest absolute Gasteiger partial charge is 0.268 e. The lowest BCUT2D eigenvalue weighted by Gasteiger charge is -2.07. The van der Waals surface area contributed by atoms with Gasteiger partial charge in [0.1, 0.15) is 5.82 Å². The molecule has 1 aromatic heterocycles. The van der Waals surface area contributed by atoms with Crippen LogP contribution < -0.4 is 0 Å². The Kier molecular flexibility index (Phi) is 3.27. The molecule has 0 aliphatic rings. The van der Waals surface area contributed by atoms with Crippen molar-refractivity contribution in [3.8, 4) is 0 Å². The van der Waals surface area contributed by atoms with Gasteiger partial charge in [0, 0.05) is 6.20 Å². The van der Waals surface area contributed by atoms with Gasteiger partial charge in [-0.3, -0.25) is 4.98 Å². The van der Waals surface area contributed by atoms with Crippen LogP contribution in [0.15, 0.2) is 10.7 Å². The van der Waals surface area contributed by atoms with E-state index in [4.69, 9.17) is 5.11 Å². The van der Waals surface area contributed by atoms with Gasteiger partial charge in [-0.1, -0.05) is 0 Å². The summed E-state index contributed by atoms with van der Waals surface area (Å²) in [5.74, 6) is -1.07. The Morgan fingerprint density at radius 2 is 2.15 bits per heavy atom. The normalized spacial score (nSPS) is 10.9. The molecule has 0 bridgehead atoms. The molecule has 0 amide bonds. The van der Waals surface area contributed by atoms with Gasteiger partial charge < -0.3 is 5.11 Å². The van der Waals surface area contributed by atoms with E-state index >= 15 is 0 Å². The SMILES string of the molecule is OCc1ncc(Br)c(F)c1C(F)F. The lowest BCUT2D eigenvalue weighted by molar-refractivity contribution is 0.140. The maximum Gasteiger partial charge on any atom is 0.268 e. The van der Waals surface area contributed by atoms with Crippen LogP contribution in [0.4, 0.5) is 13.2 Å². The van der Waals surface area contributed by atoms with E-state index < -0.39 is 24.4 Å². The molecule has 0 fully saturated rings. The molecule has 1 N–H and O–H groups in total. The summed E-state index contributed by atoms with van der Waals surface area (Å²) in [6.45, 7) is -0.704. The molecule has 6 heteroatoms. The summed E-state index contributed by atoms with van der Waals surface area (Å²) in [4.78, 5) is 3.46. The van der Waals surface area contributed by atoms with Crippen LogP contribution in [-0.2, 0) is 6.61 Å². The standard InChI is InChI=1S/C7H5BrF3NO/c8-3-1-12-4(2-13)5(6(3)9)7(10)11/h1,7,13H,2H2. The first kappa shape index (κ1) is 10.5. The van der Waals surface area contributed by atoms with Gasteiger partial charge >= 0.3 is 0 Å². The van der Waals surface area contributed by atoms with E-state index in [2.05, 4.69) is 20.9 Å². The van der Waals surface area contributed by atoms with Crippen molar-refractivity contribution >= 4 is 15.9 Å². The number of hydrogen-bond donors (Lipinski definition) is 1. The summed E-state index contributed by atoms with van der Waals surface area (Å²) < 4.78 is 37.4. The fraction of sp³-hybridized carbons (Fsp3) is 0.286. The maximum absolute atomic E-state index is 13.0. The molecule has 2 nitrogen and oxygen atoms in total. The number of rotatable bonds is 2. The van der Waals surface area contributed by atoms with Crippen molar-refractivity contribution in [1.82, 2.24) is 4.98 Å². The highest BCUT2D eigenvalue weighted by Gasteiger charge is 2.21.